The first-order valence-corrected chi connectivity index (χ1v) is 5.69. The van der Waals surface area contributed by atoms with Gasteiger partial charge in [-0.2, -0.15) is 0 Å². The van der Waals surface area contributed by atoms with E-state index in [4.69, 9.17) is 15.3 Å². The summed E-state index contributed by atoms with van der Waals surface area (Å²) in [6, 6.07) is 0.218. The highest BCUT2D eigenvalue weighted by Crippen LogP contribution is 2.28. The zero-order valence-corrected chi connectivity index (χ0v) is 9.24. The molecule has 2 aliphatic rings. The maximum Gasteiger partial charge on any atom is 0.0876 e. The van der Waals surface area contributed by atoms with Crippen LogP contribution in [0.4, 0.5) is 0 Å². The van der Waals surface area contributed by atoms with E-state index in [9.17, 15) is 0 Å². The number of nitrogens with two attached hydrogens (primary N) is 1. The second-order valence-electron chi connectivity index (χ2n) is 4.45. The first kappa shape index (κ1) is 10.9. The fourth-order valence-corrected chi connectivity index (χ4v) is 2.44. The van der Waals surface area contributed by atoms with Gasteiger partial charge < -0.3 is 9.47 Å². The van der Waals surface area contributed by atoms with E-state index in [1.807, 2.05) is 6.26 Å². The topological polar surface area (TPSA) is 56.5 Å². The van der Waals surface area contributed by atoms with Crippen LogP contribution in [0.15, 0.2) is 11.8 Å². The number of nitrogens with one attached hydrogen (secondary N) is 1. The van der Waals surface area contributed by atoms with Gasteiger partial charge in [-0.3, -0.25) is 11.3 Å². The summed E-state index contributed by atoms with van der Waals surface area (Å²) in [4.78, 5) is 0. The van der Waals surface area contributed by atoms with Crippen LogP contribution in [0.3, 0.4) is 0 Å². The minimum atomic E-state index is 0.218. The lowest BCUT2D eigenvalue weighted by Crippen LogP contribution is -2.43. The smallest absolute Gasteiger partial charge is 0.0876 e. The average Bonchev–Trinajstić information content (AvgIpc) is 2.68. The van der Waals surface area contributed by atoms with E-state index in [-0.39, 0.29) is 6.04 Å². The molecule has 0 radical (unpaired) electrons. The summed E-state index contributed by atoms with van der Waals surface area (Å²) in [5.74, 6) is 6.11. The number of hydrogen-bond donors (Lipinski definition) is 2. The Bertz CT molecular complexity index is 243. The Morgan fingerprint density at radius 1 is 1.60 bits per heavy atom. The van der Waals surface area contributed by atoms with Gasteiger partial charge in [0.25, 0.3) is 0 Å². The normalized spacial score (nSPS) is 33.3. The minimum Gasteiger partial charge on any atom is -0.501 e. The minimum absolute atomic E-state index is 0.218. The molecule has 2 aliphatic heterocycles. The van der Waals surface area contributed by atoms with Crippen molar-refractivity contribution in [1.82, 2.24) is 5.43 Å². The zero-order valence-electron chi connectivity index (χ0n) is 9.24. The Hall–Kier alpha value is -0.580. The van der Waals surface area contributed by atoms with Crippen molar-refractivity contribution in [2.75, 3.05) is 13.2 Å². The largest absolute Gasteiger partial charge is 0.501 e. The van der Waals surface area contributed by atoms with Gasteiger partial charge in [0.2, 0.25) is 0 Å². The van der Waals surface area contributed by atoms with Gasteiger partial charge in [0, 0.05) is 5.92 Å². The van der Waals surface area contributed by atoms with Gasteiger partial charge >= 0.3 is 0 Å². The van der Waals surface area contributed by atoms with Crippen molar-refractivity contribution < 1.29 is 9.47 Å². The highest BCUT2D eigenvalue weighted by molar-refractivity contribution is 5.12. The van der Waals surface area contributed by atoms with Crippen molar-refractivity contribution in [2.24, 2.45) is 11.8 Å². The molecule has 0 aromatic heterocycles. The third-order valence-electron chi connectivity index (χ3n) is 3.24. The summed E-state index contributed by atoms with van der Waals surface area (Å²) in [5, 5.41) is 0. The SMILES string of the molecule is CC1CC(C(NN)C2=COCCC2)CO1. The first-order chi connectivity index (χ1) is 7.31. The van der Waals surface area contributed by atoms with E-state index >= 15 is 0 Å². The average molecular weight is 212 g/mol. The Kier molecular flexibility index (Phi) is 3.61. The number of ether oxygens (including phenoxy) is 2. The van der Waals surface area contributed by atoms with Gasteiger partial charge in [0.05, 0.1) is 31.6 Å². The lowest BCUT2D eigenvalue weighted by atomic mass is 9.89. The summed E-state index contributed by atoms with van der Waals surface area (Å²) in [6.07, 6.45) is 5.48. The number of hydrazine groups is 1. The molecular formula is C11H20N2O2. The number of rotatable bonds is 3. The molecule has 4 heteroatoms. The molecule has 0 bridgehead atoms. The van der Waals surface area contributed by atoms with Gasteiger partial charge in [-0.25, -0.2) is 0 Å². The molecule has 2 heterocycles. The van der Waals surface area contributed by atoms with Crippen LogP contribution >= 0.6 is 0 Å². The molecule has 0 spiro atoms. The van der Waals surface area contributed by atoms with E-state index in [1.54, 1.807) is 0 Å². The predicted octanol–water partition coefficient (Wildman–Crippen LogP) is 0.938. The van der Waals surface area contributed by atoms with E-state index in [2.05, 4.69) is 12.3 Å². The molecule has 0 aromatic carbocycles. The lowest BCUT2D eigenvalue weighted by Gasteiger charge is -2.26. The summed E-state index contributed by atoms with van der Waals surface area (Å²) < 4.78 is 10.9. The molecule has 0 aliphatic carbocycles. The molecule has 86 valence electrons. The fraction of sp³-hybridized carbons (Fsp3) is 0.818. The quantitative estimate of drug-likeness (QED) is 0.540. The van der Waals surface area contributed by atoms with Crippen molar-refractivity contribution in [3.63, 3.8) is 0 Å². The predicted molar refractivity (Wildman–Crippen MR) is 57.9 cm³/mol. The molecule has 1 saturated heterocycles. The zero-order chi connectivity index (χ0) is 10.7. The summed E-state index contributed by atoms with van der Waals surface area (Å²) in [6.45, 7) is 3.74. The fourth-order valence-electron chi connectivity index (χ4n) is 2.44. The third kappa shape index (κ3) is 2.51. The molecule has 3 unspecified atom stereocenters. The second-order valence-corrected chi connectivity index (χ2v) is 4.45. The standard InChI is InChI=1S/C11H20N2O2/c1-8-5-10(7-15-8)11(13-12)9-3-2-4-14-6-9/h6,8,10-11,13H,2-5,7,12H2,1H3. The van der Waals surface area contributed by atoms with Crippen molar-refractivity contribution in [2.45, 2.75) is 38.3 Å². The van der Waals surface area contributed by atoms with Gasteiger partial charge in [0.15, 0.2) is 0 Å². The van der Waals surface area contributed by atoms with Gasteiger partial charge in [-0.1, -0.05) is 0 Å². The molecule has 0 saturated carbocycles. The molecule has 0 aromatic rings. The van der Waals surface area contributed by atoms with Crippen LogP contribution in [0.2, 0.25) is 0 Å². The maximum atomic E-state index is 5.63. The Balaban J connectivity index is 1.99. The van der Waals surface area contributed by atoms with E-state index in [0.29, 0.717) is 12.0 Å². The van der Waals surface area contributed by atoms with E-state index < -0.39 is 0 Å². The molecule has 2 rings (SSSR count). The van der Waals surface area contributed by atoms with Crippen LogP contribution in [-0.2, 0) is 9.47 Å². The maximum absolute atomic E-state index is 5.63. The van der Waals surface area contributed by atoms with Gasteiger partial charge in [-0.15, -0.1) is 0 Å². The monoisotopic (exact) mass is 212 g/mol. The lowest BCUT2D eigenvalue weighted by molar-refractivity contribution is 0.117. The van der Waals surface area contributed by atoms with Crippen LogP contribution < -0.4 is 11.3 Å². The molecule has 0 amide bonds. The second kappa shape index (κ2) is 4.96. The highest BCUT2D eigenvalue weighted by Gasteiger charge is 2.31. The molecule has 15 heavy (non-hydrogen) atoms. The van der Waals surface area contributed by atoms with Crippen LogP contribution in [0.1, 0.15) is 26.2 Å². The summed E-state index contributed by atoms with van der Waals surface area (Å²) in [7, 11) is 0. The van der Waals surface area contributed by atoms with E-state index in [0.717, 1.165) is 32.5 Å². The van der Waals surface area contributed by atoms with Crippen LogP contribution in [-0.4, -0.2) is 25.4 Å². The van der Waals surface area contributed by atoms with Gasteiger partial charge in [-0.05, 0) is 31.8 Å². The third-order valence-corrected chi connectivity index (χ3v) is 3.24. The number of hydrogen-bond acceptors (Lipinski definition) is 4. The Morgan fingerprint density at radius 3 is 3.00 bits per heavy atom. The van der Waals surface area contributed by atoms with Crippen molar-refractivity contribution in [3.05, 3.63) is 11.8 Å². The summed E-state index contributed by atoms with van der Waals surface area (Å²) in [5.41, 5.74) is 4.19. The van der Waals surface area contributed by atoms with Crippen LogP contribution in [0.25, 0.3) is 0 Å². The van der Waals surface area contributed by atoms with Crippen molar-refractivity contribution in [3.8, 4) is 0 Å². The van der Waals surface area contributed by atoms with E-state index in [1.165, 1.54) is 5.57 Å². The molecular weight excluding hydrogens is 192 g/mol. The van der Waals surface area contributed by atoms with Crippen LogP contribution in [0, 0.1) is 5.92 Å². The Labute approximate surface area is 90.8 Å². The first-order valence-electron chi connectivity index (χ1n) is 5.69. The molecule has 3 atom stereocenters. The van der Waals surface area contributed by atoms with Crippen molar-refractivity contribution in [1.29, 1.82) is 0 Å². The van der Waals surface area contributed by atoms with Crippen LogP contribution in [0.5, 0.6) is 0 Å². The Morgan fingerprint density at radius 2 is 2.47 bits per heavy atom. The summed E-state index contributed by atoms with van der Waals surface area (Å²) >= 11 is 0. The van der Waals surface area contributed by atoms with Gasteiger partial charge in [0.1, 0.15) is 0 Å². The molecule has 1 fully saturated rings. The highest BCUT2D eigenvalue weighted by atomic mass is 16.5. The molecule has 3 N–H and O–H groups in total. The molecule has 4 nitrogen and oxygen atoms in total. The van der Waals surface area contributed by atoms with Crippen molar-refractivity contribution >= 4 is 0 Å².